The van der Waals surface area contributed by atoms with E-state index in [9.17, 15) is 4.79 Å². The van der Waals surface area contributed by atoms with E-state index in [4.69, 9.17) is 27.8 Å². The molecule has 1 aliphatic rings. The number of alkyl halides is 1. The summed E-state index contributed by atoms with van der Waals surface area (Å²) in [5.74, 6) is 3.77. The number of carbonyl (C=O) groups is 1. The van der Waals surface area contributed by atoms with E-state index in [0.717, 1.165) is 111 Å². The molecule has 0 saturated carbocycles. The molecule has 1 fully saturated rings. The van der Waals surface area contributed by atoms with Crippen molar-refractivity contribution in [1.29, 1.82) is 1.34 Å². The van der Waals surface area contributed by atoms with Crippen LogP contribution in [0.5, 0.6) is 0 Å². The molecular formula is C86H85BCl2N16O2P2U. The second-order valence-electron chi connectivity index (χ2n) is 25.3. The third kappa shape index (κ3) is 20.8. The number of aldehydes is 1. The van der Waals surface area contributed by atoms with Gasteiger partial charge >= 0.3 is 0 Å². The molecule has 0 unspecified atom stereocenters. The number of nitrogens with zero attached hydrogens (tertiary/aromatic N) is 16. The first-order valence-corrected chi connectivity index (χ1v) is 39.1. The van der Waals surface area contributed by atoms with Crippen LogP contribution in [0, 0.1) is 72.7 Å². The van der Waals surface area contributed by atoms with Gasteiger partial charge in [-0.15, -0.1) is 26.9 Å². The van der Waals surface area contributed by atoms with Crippen molar-refractivity contribution in [1.82, 2.24) is 77.8 Å². The van der Waals surface area contributed by atoms with Crippen LogP contribution in [-0.4, -0.2) is 107 Å². The van der Waals surface area contributed by atoms with Crippen molar-refractivity contribution >= 4 is 102 Å². The van der Waals surface area contributed by atoms with Crippen LogP contribution < -0.4 is 44.2 Å². The van der Waals surface area contributed by atoms with E-state index in [-0.39, 0.29) is 43.5 Å². The second kappa shape index (κ2) is 41.0. The first-order valence-electron chi connectivity index (χ1n) is 35.9. The number of hydrogen-bond donors (Lipinski definition) is 0. The average Bonchev–Trinajstić information content (AvgIpc) is 1.60. The smallest absolute Gasteiger partial charge is 0.190 e. The van der Waals surface area contributed by atoms with E-state index in [1.807, 2.05) is 149 Å². The van der Waals surface area contributed by atoms with Gasteiger partial charge in [0.05, 0.1) is 51.4 Å². The first kappa shape index (κ1) is 82.3. The fourth-order valence-corrected chi connectivity index (χ4v) is 18.6. The van der Waals surface area contributed by atoms with E-state index in [1.54, 1.807) is 21.5 Å². The Hall–Kier alpha value is -10.2. The first-order chi connectivity index (χ1) is 53.3. The van der Waals surface area contributed by atoms with Crippen molar-refractivity contribution in [2.75, 3.05) is 13.2 Å². The SMILES string of the molecule is C1CCOC1.Cc1ncc(C)n2nc(/C=C/c3nc(-c4ccccc4)cn3C)nc12.Cc1ncc(C)n2nc(CCl)nc12.Cc1ncc(C)n2nc(C[P+](c3ccccc3)(c3ccccc3)c3ccccc3)nc12.Cn1cc(-c2ccccc2)nc1C=O.[2H][B].[Cl-].[U].c1ccc(P(c2ccccc2)c2ccccc2)cc1. The summed E-state index contributed by atoms with van der Waals surface area (Å²) in [4.78, 5) is 46.2. The zero-order valence-corrected chi connectivity index (χ0v) is 70.1. The Balaban J connectivity index is 0.000000160. The Labute approximate surface area is 682 Å². The fraction of sp³-hybridized carbons (Fsp3) is 0.163. The van der Waals surface area contributed by atoms with E-state index >= 15 is 0 Å². The summed E-state index contributed by atoms with van der Waals surface area (Å²) in [5, 5.41) is 21.9. The summed E-state index contributed by atoms with van der Waals surface area (Å²) in [6.45, 7) is 13.7. The molecule has 9 heterocycles. The minimum absolute atomic E-state index is 0. The Bertz CT molecular complexity index is 5240. The van der Waals surface area contributed by atoms with Crippen LogP contribution >= 0.6 is 26.8 Å². The number of ether oxygens (including phenoxy) is 1. The van der Waals surface area contributed by atoms with Crippen LogP contribution in [0.25, 0.3) is 51.6 Å². The molecule has 0 atom stereocenters. The minimum Gasteiger partial charge on any atom is -1.00 e. The van der Waals surface area contributed by atoms with Crippen LogP contribution in [0.4, 0.5) is 0 Å². The van der Waals surface area contributed by atoms with Crippen molar-refractivity contribution in [3.63, 3.8) is 0 Å². The molecular weight excluding hydrogens is 1670 g/mol. The zero-order chi connectivity index (χ0) is 76.5. The number of rotatable bonds is 14. The van der Waals surface area contributed by atoms with Gasteiger partial charge in [0.1, 0.15) is 35.2 Å². The van der Waals surface area contributed by atoms with Crippen molar-refractivity contribution in [2.24, 2.45) is 14.1 Å². The predicted octanol–water partition coefficient (Wildman–Crippen LogP) is 11.5. The van der Waals surface area contributed by atoms with Gasteiger partial charge in [-0.05, 0) is 128 Å². The Kier molecular flexibility index (Phi) is 30.6. The third-order valence-corrected chi connectivity index (χ3v) is 24.6. The number of hydrogen-bond acceptors (Lipinski definition) is 13. The van der Waals surface area contributed by atoms with Gasteiger partial charge in [0.2, 0.25) is 0 Å². The number of halogens is 2. The van der Waals surface area contributed by atoms with Gasteiger partial charge in [-0.1, -0.05) is 206 Å². The molecule has 1 saturated heterocycles. The van der Waals surface area contributed by atoms with Crippen LogP contribution in [0.1, 0.15) is 80.9 Å². The zero-order valence-electron chi connectivity index (χ0n) is 63.7. The van der Waals surface area contributed by atoms with Gasteiger partial charge in [-0.25, -0.2) is 38.5 Å². The van der Waals surface area contributed by atoms with Gasteiger partial charge in [-0.2, -0.15) is 0 Å². The average molecular weight is 1760 g/mol. The Morgan fingerprint density at radius 3 is 1.14 bits per heavy atom. The van der Waals surface area contributed by atoms with E-state index < -0.39 is 15.2 Å². The summed E-state index contributed by atoms with van der Waals surface area (Å²) >= 11 is 5.64. The maximum absolute atomic E-state index is 10.6. The van der Waals surface area contributed by atoms with Crippen molar-refractivity contribution in [2.45, 2.75) is 66.4 Å². The molecule has 0 aliphatic carbocycles. The number of carbonyl (C=O) groups excluding carboxylic acids is 1. The molecule has 8 aromatic carbocycles. The van der Waals surface area contributed by atoms with Gasteiger partial charge in [0.25, 0.3) is 0 Å². The van der Waals surface area contributed by atoms with Crippen LogP contribution in [-0.2, 0) is 30.9 Å². The number of benzene rings is 8. The number of imidazole rings is 2. The van der Waals surface area contributed by atoms with Crippen LogP contribution in [0.2, 0.25) is 0 Å². The standard InChI is InChI=1S/C26H24N4P.C19H18N6.C18H15P.C11H10N2O.C8H9ClN4.C4H8O.BH.ClH.U/c1-20-18-27-21(2)26-28-25(29-30(20)26)19-31(22-12-6-3-7-13-22,23-14-8-4-9-15-23)24-16-10-5-11-17-24;1-13-11-20-14(2)19-22-17(23-25(13)19)9-10-18-21-16(12-24(18)3)15-7-5-4-6-8-15;1-4-10-16(11-5-1)19(17-12-6-2-7-13-17)18-14-8-3-9-15-18;1-13-7-10(12-11(13)8-14)9-5-3-2-4-6-9;1-5-4-10-6(2)8-11-7(3-9)12-13(5)8;1-2-4-5-3-1;;;/h3-18H,19H2,1-2H3;4-12H,1-3H3;1-15H;2-8H,1H3;4H,3H2,1-2H3;1-4H2;2*1H;/q+1;;;;;;;;/p-1/b;10-9+;;;;;;;/i;;;;;;1D;;. The minimum atomic E-state index is -2.02. The van der Waals surface area contributed by atoms with Crippen LogP contribution in [0.15, 0.2) is 274 Å². The molecule has 2 radical (unpaired) electrons. The molecule has 552 valence electrons. The van der Waals surface area contributed by atoms with E-state index in [1.165, 1.54) is 44.7 Å². The van der Waals surface area contributed by atoms with Gasteiger partial charge < -0.3 is 26.3 Å². The summed E-state index contributed by atoms with van der Waals surface area (Å²) in [6, 6.07) is 84.8. The maximum Gasteiger partial charge on any atom is 0.190 e. The molecule has 0 bridgehead atoms. The number of aryl methyl sites for hydroxylation is 8. The molecule has 16 aromatic rings. The Morgan fingerprint density at radius 1 is 0.455 bits per heavy atom. The fourth-order valence-electron chi connectivity index (χ4n) is 12.1. The normalized spacial score (nSPS) is 11.5. The molecule has 110 heavy (non-hydrogen) atoms. The summed E-state index contributed by atoms with van der Waals surface area (Å²) in [7, 11) is 5.07. The quantitative estimate of drug-likeness (QED) is 0.0433. The molecule has 0 spiro atoms. The van der Waals surface area contributed by atoms with Crippen molar-refractivity contribution in [3.05, 3.63) is 337 Å². The molecule has 17 rings (SSSR count). The number of aromatic nitrogens is 16. The van der Waals surface area contributed by atoms with E-state index in [0.29, 0.717) is 23.4 Å². The maximum atomic E-state index is 10.6. The summed E-state index contributed by atoms with van der Waals surface area (Å²) < 4.78 is 19.4. The monoisotopic (exact) mass is 1760 g/mol. The molecule has 1 aliphatic heterocycles. The molecule has 8 aromatic heterocycles. The Morgan fingerprint density at radius 2 is 0.791 bits per heavy atom. The van der Waals surface area contributed by atoms with Crippen LogP contribution in [0.3, 0.4) is 0 Å². The largest absolute Gasteiger partial charge is 1.00 e. The summed E-state index contributed by atoms with van der Waals surface area (Å²) in [5.41, 5.74) is 11.8. The second-order valence-corrected chi connectivity index (χ2v) is 31.3. The molecule has 0 amide bonds. The van der Waals surface area contributed by atoms with E-state index in [2.05, 4.69) is 248 Å². The topological polar surface area (TPSA) is 191 Å². The number of fused-ring (bicyclic) bond motifs is 3. The summed E-state index contributed by atoms with van der Waals surface area (Å²) in [6.07, 6.45) is 17.2. The van der Waals surface area contributed by atoms with Gasteiger partial charge in [0.15, 0.2) is 46.5 Å². The van der Waals surface area contributed by atoms with Crippen molar-refractivity contribution in [3.8, 4) is 22.5 Å². The molecule has 18 nitrogen and oxygen atoms in total. The third-order valence-electron chi connectivity index (χ3n) is 17.6. The predicted molar refractivity (Wildman–Crippen MR) is 443 cm³/mol. The molecule has 0 N–H and O–H groups in total. The molecule has 24 heteroatoms. The van der Waals surface area contributed by atoms with Gasteiger partial charge in [0, 0.05) is 109 Å². The van der Waals surface area contributed by atoms with Crippen molar-refractivity contribution < 1.29 is 53.1 Å². The van der Waals surface area contributed by atoms with Gasteiger partial charge in [-0.3, -0.25) is 19.7 Å².